The molecule has 3 N–H and O–H groups in total. The molecule has 156 valence electrons. The molecule has 0 aliphatic carbocycles. The van der Waals surface area contributed by atoms with Crippen LogP contribution in [-0.4, -0.2) is 29.4 Å². The number of para-hydroxylation sites is 1. The van der Waals surface area contributed by atoms with Gasteiger partial charge in [0.1, 0.15) is 12.1 Å². The number of aromatic nitrogens is 2. The van der Waals surface area contributed by atoms with Crippen LogP contribution in [0.25, 0.3) is 11.2 Å². The molecule has 5 rings (SSSR count). The number of rotatable bonds is 4. The lowest BCUT2D eigenvalue weighted by molar-refractivity contribution is -0.132. The van der Waals surface area contributed by atoms with Gasteiger partial charge in [-0.3, -0.25) is 9.69 Å². The predicted molar refractivity (Wildman–Crippen MR) is 110 cm³/mol. The molecule has 2 aromatic carbocycles. The van der Waals surface area contributed by atoms with Crippen LogP contribution in [0.15, 0.2) is 76.2 Å². The highest BCUT2D eigenvalue weighted by Gasteiger charge is 2.51. The van der Waals surface area contributed by atoms with Crippen molar-refractivity contribution >= 4 is 32.8 Å². The van der Waals surface area contributed by atoms with Crippen LogP contribution in [0.2, 0.25) is 0 Å². The maximum Gasteiger partial charge on any atom is 0.268 e. The number of carbonyl (C=O) groups is 1. The maximum absolute atomic E-state index is 13.4. The summed E-state index contributed by atoms with van der Waals surface area (Å²) in [7, 11) is -3.90. The third-order valence-electron chi connectivity index (χ3n) is 5.24. The summed E-state index contributed by atoms with van der Waals surface area (Å²) in [4.78, 5) is 23.2. The molecular weight excluding hydrogens is 420 g/mol. The number of nitrogens with two attached hydrogens (primary N) is 1. The number of anilines is 1. The first-order chi connectivity index (χ1) is 14.8. The molecule has 0 fully saturated rings. The number of fused-ring (bicyclic) bond motifs is 2. The van der Waals surface area contributed by atoms with E-state index in [1.54, 1.807) is 42.6 Å². The first-order valence-corrected chi connectivity index (χ1v) is 10.8. The van der Waals surface area contributed by atoms with Crippen LogP contribution in [0.3, 0.4) is 0 Å². The smallest absolute Gasteiger partial charge is 0.268 e. The van der Waals surface area contributed by atoms with Crippen LogP contribution < -0.4 is 10.0 Å². The first-order valence-electron chi connectivity index (χ1n) is 9.26. The highest BCUT2D eigenvalue weighted by Crippen LogP contribution is 2.45. The number of aliphatic hydroxyl groups is 1. The van der Waals surface area contributed by atoms with E-state index in [-0.39, 0.29) is 22.9 Å². The Morgan fingerprint density at radius 2 is 1.81 bits per heavy atom. The average molecular weight is 436 g/mol. The predicted octanol–water partition coefficient (Wildman–Crippen LogP) is 1.65. The molecule has 1 aliphatic rings. The molecule has 4 aromatic rings. The van der Waals surface area contributed by atoms with Crippen molar-refractivity contribution in [3.63, 3.8) is 0 Å². The van der Waals surface area contributed by atoms with Gasteiger partial charge in [0, 0.05) is 11.8 Å². The van der Waals surface area contributed by atoms with E-state index in [0.29, 0.717) is 22.5 Å². The van der Waals surface area contributed by atoms with Gasteiger partial charge in [-0.15, -0.1) is 0 Å². The van der Waals surface area contributed by atoms with Gasteiger partial charge in [0.2, 0.25) is 21.6 Å². The summed E-state index contributed by atoms with van der Waals surface area (Å²) >= 11 is 0. The molecule has 9 nitrogen and oxygen atoms in total. The first kappa shape index (κ1) is 19.4. The Balaban J connectivity index is 1.57. The molecule has 31 heavy (non-hydrogen) atoms. The highest BCUT2D eigenvalue weighted by atomic mass is 32.2. The molecule has 1 unspecified atom stereocenters. The number of sulfonamides is 1. The van der Waals surface area contributed by atoms with Crippen molar-refractivity contribution in [3.8, 4) is 0 Å². The second-order valence-electron chi connectivity index (χ2n) is 7.12. The van der Waals surface area contributed by atoms with E-state index in [4.69, 9.17) is 9.56 Å². The second-order valence-corrected chi connectivity index (χ2v) is 8.68. The van der Waals surface area contributed by atoms with Gasteiger partial charge in [-0.05, 0) is 35.9 Å². The minimum Gasteiger partial charge on any atom is -0.420 e. The van der Waals surface area contributed by atoms with Gasteiger partial charge >= 0.3 is 0 Å². The number of benzene rings is 2. The minimum absolute atomic E-state index is 0.0101. The number of amides is 1. The van der Waals surface area contributed by atoms with E-state index in [2.05, 4.69) is 9.97 Å². The average Bonchev–Trinajstić information content (AvgIpc) is 3.27. The topological polar surface area (TPSA) is 140 Å². The summed E-state index contributed by atoms with van der Waals surface area (Å²) in [5, 5.41) is 16.7. The fourth-order valence-corrected chi connectivity index (χ4v) is 4.29. The Labute approximate surface area is 176 Å². The van der Waals surface area contributed by atoms with Crippen molar-refractivity contribution in [1.82, 2.24) is 9.97 Å². The van der Waals surface area contributed by atoms with E-state index in [9.17, 15) is 18.3 Å². The lowest BCUT2D eigenvalue weighted by Crippen LogP contribution is -2.41. The van der Waals surface area contributed by atoms with Gasteiger partial charge in [0.05, 0.1) is 10.6 Å². The monoisotopic (exact) mass is 436 g/mol. The summed E-state index contributed by atoms with van der Waals surface area (Å²) in [5.41, 5.74) is 0.00699. The van der Waals surface area contributed by atoms with Crippen LogP contribution in [-0.2, 0) is 27.0 Å². The normalized spacial score (nSPS) is 18.5. The van der Waals surface area contributed by atoms with E-state index >= 15 is 0 Å². The number of pyridine rings is 1. The highest BCUT2D eigenvalue weighted by molar-refractivity contribution is 7.89. The summed E-state index contributed by atoms with van der Waals surface area (Å²) < 4.78 is 28.8. The molecule has 10 heteroatoms. The molecular formula is C21H16N4O5S. The number of primary sulfonamides is 1. The third-order valence-corrected chi connectivity index (χ3v) is 6.17. The molecule has 0 radical (unpaired) electrons. The number of hydrogen-bond acceptors (Lipinski definition) is 7. The molecule has 0 saturated heterocycles. The van der Waals surface area contributed by atoms with Crippen molar-refractivity contribution in [3.05, 3.63) is 83.9 Å². The zero-order valence-electron chi connectivity index (χ0n) is 16.0. The summed E-state index contributed by atoms with van der Waals surface area (Å²) in [6, 6.07) is 15.6. The van der Waals surface area contributed by atoms with E-state index in [1.165, 1.54) is 29.2 Å². The Morgan fingerprint density at radius 1 is 1.06 bits per heavy atom. The van der Waals surface area contributed by atoms with E-state index < -0.39 is 21.5 Å². The van der Waals surface area contributed by atoms with Crippen LogP contribution in [0, 0.1) is 0 Å². The van der Waals surface area contributed by atoms with Gasteiger partial charge in [-0.1, -0.05) is 30.3 Å². The van der Waals surface area contributed by atoms with E-state index in [1.807, 2.05) is 0 Å². The Morgan fingerprint density at radius 3 is 2.52 bits per heavy atom. The number of hydrogen-bond donors (Lipinski definition) is 2. The van der Waals surface area contributed by atoms with Crippen LogP contribution in [0.4, 0.5) is 5.69 Å². The Bertz CT molecular complexity index is 1400. The SMILES string of the molecule is NS(=O)(=O)c1ccc(C2(O)C(=O)N(Cc3nc4cccnc4o3)c3ccccc32)cc1. The van der Waals surface area contributed by atoms with Crippen LogP contribution in [0.1, 0.15) is 17.0 Å². The summed E-state index contributed by atoms with van der Waals surface area (Å²) in [5.74, 6) is -0.335. The maximum atomic E-state index is 13.4. The largest absolute Gasteiger partial charge is 0.420 e. The van der Waals surface area contributed by atoms with Gasteiger partial charge in [0.15, 0.2) is 5.60 Å². The third kappa shape index (κ3) is 3.00. The fourth-order valence-electron chi connectivity index (χ4n) is 3.77. The lowest BCUT2D eigenvalue weighted by Gasteiger charge is -2.23. The van der Waals surface area contributed by atoms with Crippen molar-refractivity contribution in [2.75, 3.05) is 4.90 Å². The molecule has 0 spiro atoms. The summed E-state index contributed by atoms with van der Waals surface area (Å²) in [6.45, 7) is -0.0101. The molecule has 1 atom stereocenters. The fraction of sp³-hybridized carbons (Fsp3) is 0.0952. The van der Waals surface area contributed by atoms with Crippen LogP contribution >= 0.6 is 0 Å². The Hall–Kier alpha value is -3.60. The number of carbonyl (C=O) groups excluding carboxylic acids is 1. The molecule has 2 aromatic heterocycles. The molecule has 3 heterocycles. The van der Waals surface area contributed by atoms with Crippen molar-refractivity contribution in [2.45, 2.75) is 17.0 Å². The number of nitrogens with zero attached hydrogens (tertiary/aromatic N) is 3. The van der Waals surface area contributed by atoms with Gasteiger partial charge in [-0.25, -0.2) is 23.5 Å². The lowest BCUT2D eigenvalue weighted by atomic mass is 9.87. The molecule has 1 amide bonds. The minimum atomic E-state index is -3.90. The zero-order valence-corrected chi connectivity index (χ0v) is 16.8. The van der Waals surface area contributed by atoms with Gasteiger partial charge in [0.25, 0.3) is 5.91 Å². The standard InChI is InChI=1S/C21H16N4O5S/c22-31(28,29)14-9-7-13(8-10-14)21(27)15-4-1-2-6-17(15)25(20(21)26)12-18-24-16-5-3-11-23-19(16)30-18/h1-11,27H,12H2,(H2,22,28,29). The van der Waals surface area contributed by atoms with Gasteiger partial charge < -0.3 is 9.52 Å². The number of oxazole rings is 1. The van der Waals surface area contributed by atoms with Crippen molar-refractivity contribution in [1.29, 1.82) is 0 Å². The summed E-state index contributed by atoms with van der Waals surface area (Å²) in [6.07, 6.45) is 1.58. The molecule has 0 bridgehead atoms. The zero-order chi connectivity index (χ0) is 21.8. The molecule has 1 aliphatic heterocycles. The van der Waals surface area contributed by atoms with Crippen molar-refractivity contribution in [2.24, 2.45) is 5.14 Å². The van der Waals surface area contributed by atoms with E-state index in [0.717, 1.165) is 0 Å². The molecule has 0 saturated carbocycles. The van der Waals surface area contributed by atoms with Gasteiger partial charge in [-0.2, -0.15) is 0 Å². The second kappa shape index (κ2) is 6.71. The quantitative estimate of drug-likeness (QED) is 0.496. The van der Waals surface area contributed by atoms with Crippen molar-refractivity contribution < 1.29 is 22.7 Å². The Kier molecular flexibility index (Phi) is 4.19. The van der Waals surface area contributed by atoms with Crippen LogP contribution in [0.5, 0.6) is 0 Å².